The van der Waals surface area contributed by atoms with Crippen LogP contribution in [0.3, 0.4) is 0 Å². The third-order valence-electron chi connectivity index (χ3n) is 5.48. The molecule has 2 aromatic carbocycles. The fourth-order valence-electron chi connectivity index (χ4n) is 4.00. The van der Waals surface area contributed by atoms with Crippen molar-refractivity contribution in [1.82, 2.24) is 9.13 Å². The summed E-state index contributed by atoms with van der Waals surface area (Å²) in [6.45, 7) is 7.84. The van der Waals surface area contributed by atoms with Crippen LogP contribution in [0.25, 0.3) is 11.1 Å². The number of carbonyl (C=O) groups is 2. The molecule has 0 unspecified atom stereocenters. The van der Waals surface area contributed by atoms with Crippen molar-refractivity contribution >= 4 is 11.9 Å². The van der Waals surface area contributed by atoms with Gasteiger partial charge in [-0.05, 0) is 68.7 Å². The van der Waals surface area contributed by atoms with Gasteiger partial charge in [-0.25, -0.2) is 9.18 Å². The molecule has 0 radical (unpaired) electrons. The molecule has 1 amide bonds. The molecule has 0 N–H and O–H groups in total. The second kappa shape index (κ2) is 8.93. The number of nitrogens with zero attached hydrogens (tertiary/aromatic N) is 3. The predicted octanol–water partition coefficient (Wildman–Crippen LogP) is 4.79. The van der Waals surface area contributed by atoms with Gasteiger partial charge in [-0.15, -0.1) is 4.99 Å². The number of ether oxygens (including phenoxy) is 2. The number of aryl methyl sites for hydroxylation is 2. The summed E-state index contributed by atoms with van der Waals surface area (Å²) in [6, 6.07) is 8.31. The highest BCUT2D eigenvalue weighted by Gasteiger charge is 2.24. The van der Waals surface area contributed by atoms with E-state index in [9.17, 15) is 14.0 Å². The first-order valence-electron chi connectivity index (χ1n) is 11.1. The van der Waals surface area contributed by atoms with Crippen molar-refractivity contribution in [2.45, 2.75) is 46.3 Å². The number of benzene rings is 2. The van der Waals surface area contributed by atoms with Gasteiger partial charge in [0.25, 0.3) is 0 Å². The second-order valence-electron chi connectivity index (χ2n) is 9.43. The summed E-state index contributed by atoms with van der Waals surface area (Å²) in [4.78, 5) is 29.2. The lowest BCUT2D eigenvalue weighted by molar-refractivity contribution is 0.0593. The molecule has 2 heterocycles. The van der Waals surface area contributed by atoms with Crippen molar-refractivity contribution in [1.29, 1.82) is 0 Å². The summed E-state index contributed by atoms with van der Waals surface area (Å²) < 4.78 is 28.5. The van der Waals surface area contributed by atoms with Crippen LogP contribution >= 0.6 is 0 Å². The largest absolute Gasteiger partial charge is 0.492 e. The monoisotopic (exact) mass is 465 g/mol. The summed E-state index contributed by atoms with van der Waals surface area (Å²) in [5.74, 6) is 0.198. The zero-order valence-electron chi connectivity index (χ0n) is 20.0. The molecule has 0 spiro atoms. The van der Waals surface area contributed by atoms with E-state index in [2.05, 4.69) is 4.99 Å². The summed E-state index contributed by atoms with van der Waals surface area (Å²) in [7, 11) is 1.79. The molecular formula is C26H28FN3O4. The molecule has 8 heteroatoms. The Labute approximate surface area is 197 Å². The highest BCUT2D eigenvalue weighted by atomic mass is 19.1. The Bertz CT molecular complexity index is 1350. The smallest absolute Gasteiger partial charge is 0.437 e. The van der Waals surface area contributed by atoms with E-state index in [0.29, 0.717) is 36.5 Å². The maximum absolute atomic E-state index is 13.7. The number of carbonyl (C=O) groups excluding carboxylic acids is 2. The highest BCUT2D eigenvalue weighted by molar-refractivity contribution is 6.02. The molecule has 1 aromatic heterocycles. The minimum absolute atomic E-state index is 0.000780. The molecule has 34 heavy (non-hydrogen) atoms. The normalized spacial score (nSPS) is 14.1. The van der Waals surface area contributed by atoms with Gasteiger partial charge in [0.1, 0.15) is 17.2 Å². The predicted molar refractivity (Wildman–Crippen MR) is 125 cm³/mol. The van der Waals surface area contributed by atoms with E-state index >= 15 is 0 Å². The Kier molecular flexibility index (Phi) is 6.17. The van der Waals surface area contributed by atoms with Gasteiger partial charge in [-0.2, -0.15) is 0 Å². The Morgan fingerprint density at radius 2 is 1.88 bits per heavy atom. The minimum atomic E-state index is -0.681. The lowest BCUT2D eigenvalue weighted by atomic mass is 9.92. The fourth-order valence-corrected chi connectivity index (χ4v) is 4.00. The van der Waals surface area contributed by atoms with Crippen LogP contribution in [0.4, 0.5) is 9.18 Å². The molecule has 4 rings (SSSR count). The van der Waals surface area contributed by atoms with Crippen molar-refractivity contribution in [2.75, 3.05) is 6.61 Å². The first-order chi connectivity index (χ1) is 16.0. The van der Waals surface area contributed by atoms with Crippen LogP contribution in [0.5, 0.6) is 5.75 Å². The summed E-state index contributed by atoms with van der Waals surface area (Å²) in [6.07, 6.45) is 3.22. The topological polar surface area (TPSA) is 74.8 Å². The summed E-state index contributed by atoms with van der Waals surface area (Å²) in [5.41, 5.74) is 3.36. The van der Waals surface area contributed by atoms with Gasteiger partial charge >= 0.3 is 6.09 Å². The number of ketones is 1. The second-order valence-corrected chi connectivity index (χ2v) is 9.43. The third-order valence-corrected chi connectivity index (χ3v) is 5.48. The Balaban J connectivity index is 1.80. The van der Waals surface area contributed by atoms with Gasteiger partial charge in [0.05, 0.1) is 18.7 Å². The van der Waals surface area contributed by atoms with Crippen LogP contribution < -0.4 is 10.4 Å². The first kappa shape index (κ1) is 23.5. The quantitative estimate of drug-likeness (QED) is 0.557. The SMILES string of the molecule is Cc1cc(F)ccc1-c1cc(Cn2ccn(C)c2=NC(=O)OC(C)(C)C)cc2c1OCCC2=O. The van der Waals surface area contributed by atoms with Crippen molar-refractivity contribution in [2.24, 2.45) is 12.0 Å². The van der Waals surface area contributed by atoms with Gasteiger partial charge in [0.2, 0.25) is 5.62 Å². The third kappa shape index (κ3) is 4.95. The van der Waals surface area contributed by atoms with Crippen LogP contribution in [-0.2, 0) is 18.3 Å². The van der Waals surface area contributed by atoms with Crippen LogP contribution in [0.2, 0.25) is 0 Å². The average molecular weight is 466 g/mol. The van der Waals surface area contributed by atoms with Crippen LogP contribution in [-0.4, -0.2) is 33.2 Å². The van der Waals surface area contributed by atoms with Gasteiger partial charge in [0.15, 0.2) is 5.78 Å². The van der Waals surface area contributed by atoms with E-state index < -0.39 is 11.7 Å². The Morgan fingerprint density at radius 3 is 2.59 bits per heavy atom. The number of rotatable bonds is 3. The first-order valence-corrected chi connectivity index (χ1v) is 11.1. The Morgan fingerprint density at radius 1 is 1.15 bits per heavy atom. The van der Waals surface area contributed by atoms with Crippen LogP contribution in [0.1, 0.15) is 48.7 Å². The van der Waals surface area contributed by atoms with Crippen molar-refractivity contribution in [3.63, 3.8) is 0 Å². The average Bonchev–Trinajstić information content (AvgIpc) is 3.06. The zero-order chi connectivity index (χ0) is 24.6. The number of fused-ring (bicyclic) bond motifs is 1. The molecular weight excluding hydrogens is 437 g/mol. The number of hydrogen-bond donors (Lipinski definition) is 0. The van der Waals surface area contributed by atoms with E-state index in [1.165, 1.54) is 12.1 Å². The number of imidazole rings is 1. The number of Topliss-reactive ketones (excluding diaryl/α,β-unsaturated/α-hetero) is 1. The van der Waals surface area contributed by atoms with Crippen molar-refractivity contribution in [3.05, 3.63) is 70.9 Å². The zero-order valence-corrected chi connectivity index (χ0v) is 20.0. The summed E-state index contributed by atoms with van der Waals surface area (Å²) in [5, 5.41) is 0. The van der Waals surface area contributed by atoms with Crippen molar-refractivity contribution in [3.8, 4) is 16.9 Å². The standard InChI is InChI=1S/C26H28FN3O4/c1-16-12-18(27)6-7-19(16)20-13-17(14-21-22(31)8-11-33-23(20)21)15-30-10-9-29(5)24(30)28-25(32)34-26(2,3)4/h6-7,9-10,12-14H,8,11,15H2,1-5H3. The molecule has 7 nitrogen and oxygen atoms in total. The van der Waals surface area contributed by atoms with Gasteiger partial charge < -0.3 is 18.6 Å². The molecule has 0 fully saturated rings. The molecule has 1 aliphatic rings. The molecule has 178 valence electrons. The fraction of sp³-hybridized carbons (Fsp3) is 0.346. The number of halogens is 1. The number of amides is 1. The Hall–Kier alpha value is -3.68. The molecule has 0 aliphatic carbocycles. The lowest BCUT2D eigenvalue weighted by Gasteiger charge is -2.22. The molecule has 0 saturated heterocycles. The van der Waals surface area contributed by atoms with Gasteiger partial charge in [0, 0.05) is 31.4 Å². The van der Waals surface area contributed by atoms with E-state index in [1.807, 2.05) is 25.3 Å². The molecule has 0 bridgehead atoms. The highest BCUT2D eigenvalue weighted by Crippen LogP contribution is 2.39. The number of hydrogen-bond acceptors (Lipinski definition) is 4. The minimum Gasteiger partial charge on any atom is -0.492 e. The van der Waals surface area contributed by atoms with Gasteiger partial charge in [-0.1, -0.05) is 6.07 Å². The van der Waals surface area contributed by atoms with E-state index in [0.717, 1.165) is 22.3 Å². The molecule has 1 aliphatic heterocycles. The van der Waals surface area contributed by atoms with E-state index in [-0.39, 0.29) is 11.6 Å². The van der Waals surface area contributed by atoms with E-state index in [1.54, 1.807) is 49.2 Å². The summed E-state index contributed by atoms with van der Waals surface area (Å²) >= 11 is 0. The molecule has 0 saturated carbocycles. The lowest BCUT2D eigenvalue weighted by Crippen LogP contribution is -2.29. The van der Waals surface area contributed by atoms with E-state index in [4.69, 9.17) is 9.47 Å². The van der Waals surface area contributed by atoms with Gasteiger partial charge in [-0.3, -0.25) is 4.79 Å². The number of aromatic nitrogens is 2. The maximum atomic E-state index is 13.7. The van der Waals surface area contributed by atoms with Crippen molar-refractivity contribution < 1.29 is 23.5 Å². The van der Waals surface area contributed by atoms with Crippen LogP contribution in [0.15, 0.2) is 47.7 Å². The molecule has 0 atom stereocenters. The van der Waals surface area contributed by atoms with Crippen LogP contribution in [0, 0.1) is 12.7 Å². The molecule has 3 aromatic rings. The maximum Gasteiger partial charge on any atom is 0.437 e.